The van der Waals surface area contributed by atoms with Gasteiger partial charge in [-0.3, -0.25) is 4.90 Å². The standard InChI is InChI=1S/C13H17N3O3/c1-8-6-9(2)10(15(19)7-8)16-11(17)13(3,4)14(5)12(16)18/h6-7H,1-5H3. The highest BCUT2D eigenvalue weighted by molar-refractivity contribution is 6.22. The SMILES string of the molecule is Cc1cc(C)c(N2C(=O)N(C)C(C)(C)C2=O)[n+]([O-])c1. The number of hydrogen-bond donors (Lipinski definition) is 0. The first-order valence-electron chi connectivity index (χ1n) is 6.00. The molecule has 0 spiro atoms. The van der Waals surface area contributed by atoms with Gasteiger partial charge in [0.1, 0.15) is 5.54 Å². The fraction of sp³-hybridized carbons (Fsp3) is 0.462. The van der Waals surface area contributed by atoms with Crippen LogP contribution >= 0.6 is 0 Å². The van der Waals surface area contributed by atoms with E-state index >= 15 is 0 Å². The van der Waals surface area contributed by atoms with E-state index in [9.17, 15) is 14.8 Å². The van der Waals surface area contributed by atoms with Gasteiger partial charge < -0.3 is 5.21 Å². The molecule has 1 fully saturated rings. The Hall–Kier alpha value is -2.11. The molecule has 0 saturated carbocycles. The summed E-state index contributed by atoms with van der Waals surface area (Å²) in [7, 11) is 1.55. The third-order valence-electron chi connectivity index (χ3n) is 3.58. The second kappa shape index (κ2) is 3.94. The molecule has 1 aromatic heterocycles. The monoisotopic (exact) mass is 263 g/mol. The molecule has 1 aromatic rings. The molecule has 2 rings (SSSR count). The van der Waals surface area contributed by atoms with E-state index in [4.69, 9.17) is 0 Å². The van der Waals surface area contributed by atoms with Crippen LogP contribution in [0.2, 0.25) is 0 Å². The number of urea groups is 1. The molecule has 0 radical (unpaired) electrons. The second-order valence-electron chi connectivity index (χ2n) is 5.39. The Labute approximate surface area is 111 Å². The van der Waals surface area contributed by atoms with E-state index in [1.165, 1.54) is 11.1 Å². The van der Waals surface area contributed by atoms with Gasteiger partial charge >= 0.3 is 11.9 Å². The molecule has 1 saturated heterocycles. The fourth-order valence-electron chi connectivity index (χ4n) is 2.22. The summed E-state index contributed by atoms with van der Waals surface area (Å²) < 4.78 is 0.579. The van der Waals surface area contributed by atoms with Crippen LogP contribution in [0.25, 0.3) is 0 Å². The van der Waals surface area contributed by atoms with Crippen molar-refractivity contribution < 1.29 is 14.3 Å². The largest absolute Gasteiger partial charge is 0.711 e. The molecule has 0 atom stereocenters. The predicted molar refractivity (Wildman–Crippen MR) is 69.6 cm³/mol. The highest BCUT2D eigenvalue weighted by atomic mass is 16.5. The van der Waals surface area contributed by atoms with Crippen LogP contribution in [0.1, 0.15) is 25.0 Å². The average Bonchev–Trinajstić information content (AvgIpc) is 2.43. The summed E-state index contributed by atoms with van der Waals surface area (Å²) in [6, 6.07) is 1.29. The zero-order chi connectivity index (χ0) is 14.5. The van der Waals surface area contributed by atoms with Crippen molar-refractivity contribution in [3.8, 4) is 0 Å². The molecule has 0 aromatic carbocycles. The Morgan fingerprint density at radius 3 is 2.26 bits per heavy atom. The maximum absolute atomic E-state index is 12.3. The maximum atomic E-state index is 12.3. The number of aryl methyl sites for hydroxylation is 2. The topological polar surface area (TPSA) is 67.6 Å². The number of hydrogen-bond acceptors (Lipinski definition) is 3. The summed E-state index contributed by atoms with van der Waals surface area (Å²) in [5, 5.41) is 12.0. The van der Waals surface area contributed by atoms with Crippen LogP contribution in [0.15, 0.2) is 12.3 Å². The van der Waals surface area contributed by atoms with E-state index in [2.05, 4.69) is 0 Å². The first-order chi connectivity index (χ1) is 8.67. The average molecular weight is 263 g/mol. The lowest BCUT2D eigenvalue weighted by Gasteiger charge is -2.19. The molecule has 6 nitrogen and oxygen atoms in total. The van der Waals surface area contributed by atoms with E-state index in [1.54, 1.807) is 40.8 Å². The van der Waals surface area contributed by atoms with E-state index < -0.39 is 17.5 Å². The number of anilines is 1. The summed E-state index contributed by atoms with van der Waals surface area (Å²) in [6.45, 7) is 6.81. The number of pyridine rings is 1. The third kappa shape index (κ3) is 1.75. The second-order valence-corrected chi connectivity index (χ2v) is 5.39. The molecule has 3 amide bonds. The molecule has 0 aliphatic carbocycles. The molecule has 0 unspecified atom stereocenters. The number of likely N-dealkylation sites (N-methyl/N-ethyl adjacent to an activating group) is 1. The summed E-state index contributed by atoms with van der Waals surface area (Å²) in [6.07, 6.45) is 1.36. The lowest BCUT2D eigenvalue weighted by molar-refractivity contribution is -0.592. The predicted octanol–water partition coefficient (Wildman–Crippen LogP) is 1.11. The molecule has 19 heavy (non-hydrogen) atoms. The van der Waals surface area contributed by atoms with Crippen LogP contribution in [0, 0.1) is 19.1 Å². The van der Waals surface area contributed by atoms with E-state index in [0.717, 1.165) is 10.5 Å². The van der Waals surface area contributed by atoms with Crippen molar-refractivity contribution >= 4 is 17.8 Å². The number of rotatable bonds is 1. The van der Waals surface area contributed by atoms with Gasteiger partial charge in [-0.25, -0.2) is 14.3 Å². The quantitative estimate of drug-likeness (QED) is 0.433. The molecule has 1 aliphatic heterocycles. The van der Waals surface area contributed by atoms with Gasteiger partial charge in [0.15, 0.2) is 0 Å². The number of carbonyl (C=O) groups excluding carboxylic acids is 2. The molecule has 0 bridgehead atoms. The van der Waals surface area contributed by atoms with Crippen LogP contribution in [0.4, 0.5) is 10.6 Å². The minimum Gasteiger partial charge on any atom is -0.711 e. The van der Waals surface area contributed by atoms with Gasteiger partial charge in [0.25, 0.3) is 5.82 Å². The normalized spacial score (nSPS) is 18.4. The number of aromatic nitrogens is 1. The van der Waals surface area contributed by atoms with Crippen LogP contribution in [-0.2, 0) is 4.79 Å². The number of carbonyl (C=O) groups is 2. The van der Waals surface area contributed by atoms with Crippen molar-refractivity contribution in [3.63, 3.8) is 0 Å². The molecule has 102 valence electrons. The van der Waals surface area contributed by atoms with Gasteiger partial charge in [-0.15, -0.1) is 4.90 Å². The lowest BCUT2D eigenvalue weighted by atomic mass is 10.0. The summed E-state index contributed by atoms with van der Waals surface area (Å²) in [4.78, 5) is 26.9. The van der Waals surface area contributed by atoms with Crippen molar-refractivity contribution in [1.82, 2.24) is 4.90 Å². The highest BCUT2D eigenvalue weighted by Crippen LogP contribution is 2.30. The minimum atomic E-state index is -0.943. The Kier molecular flexibility index (Phi) is 2.77. The Balaban J connectivity index is 2.61. The Bertz CT molecular complexity index is 557. The van der Waals surface area contributed by atoms with Crippen LogP contribution in [-0.4, -0.2) is 29.4 Å². The maximum Gasteiger partial charge on any atom is 0.419 e. The van der Waals surface area contributed by atoms with Gasteiger partial charge in [0, 0.05) is 12.6 Å². The van der Waals surface area contributed by atoms with Gasteiger partial charge in [0.2, 0.25) is 0 Å². The lowest BCUT2D eigenvalue weighted by Crippen LogP contribution is -2.44. The third-order valence-corrected chi connectivity index (χ3v) is 3.58. The van der Waals surface area contributed by atoms with E-state index in [1.807, 2.05) is 0 Å². The molecule has 1 aliphatic rings. The summed E-state index contributed by atoms with van der Waals surface area (Å²) in [5.74, 6) is -0.311. The van der Waals surface area contributed by atoms with Crippen molar-refractivity contribution in [2.75, 3.05) is 11.9 Å². The van der Waals surface area contributed by atoms with E-state index in [0.29, 0.717) is 10.3 Å². The molecule has 2 heterocycles. The molecular weight excluding hydrogens is 246 g/mol. The van der Waals surface area contributed by atoms with Crippen molar-refractivity contribution in [2.24, 2.45) is 0 Å². The minimum absolute atomic E-state index is 0.0815. The first kappa shape index (κ1) is 13.3. The van der Waals surface area contributed by atoms with Crippen LogP contribution < -0.4 is 9.63 Å². The van der Waals surface area contributed by atoms with Crippen molar-refractivity contribution in [2.45, 2.75) is 33.2 Å². The van der Waals surface area contributed by atoms with Gasteiger partial charge in [-0.1, -0.05) is 0 Å². The summed E-state index contributed by atoms with van der Waals surface area (Å²) in [5.41, 5.74) is 0.437. The van der Waals surface area contributed by atoms with E-state index in [-0.39, 0.29) is 5.82 Å². The zero-order valence-corrected chi connectivity index (χ0v) is 11.7. The van der Waals surface area contributed by atoms with Crippen LogP contribution in [0.3, 0.4) is 0 Å². The Morgan fingerprint density at radius 1 is 1.26 bits per heavy atom. The Morgan fingerprint density at radius 2 is 1.84 bits per heavy atom. The van der Waals surface area contributed by atoms with Gasteiger partial charge in [0.05, 0.1) is 6.20 Å². The number of amides is 3. The van der Waals surface area contributed by atoms with Crippen molar-refractivity contribution in [3.05, 3.63) is 28.6 Å². The molecular formula is C13H17N3O3. The number of imide groups is 1. The van der Waals surface area contributed by atoms with Gasteiger partial charge in [-0.05, 0) is 39.3 Å². The first-order valence-corrected chi connectivity index (χ1v) is 6.00. The summed E-state index contributed by atoms with van der Waals surface area (Å²) >= 11 is 0. The highest BCUT2D eigenvalue weighted by Gasteiger charge is 2.57. The zero-order valence-electron chi connectivity index (χ0n) is 11.7. The molecule has 6 heteroatoms. The molecule has 0 N–H and O–H groups in total. The number of nitrogens with zero attached hydrogens (tertiary/aromatic N) is 3. The smallest absolute Gasteiger partial charge is 0.419 e. The van der Waals surface area contributed by atoms with Gasteiger partial charge in [-0.2, -0.15) is 0 Å². The van der Waals surface area contributed by atoms with Crippen molar-refractivity contribution in [1.29, 1.82) is 0 Å². The van der Waals surface area contributed by atoms with Crippen LogP contribution in [0.5, 0.6) is 0 Å². The fourth-order valence-corrected chi connectivity index (χ4v) is 2.22.